The summed E-state index contributed by atoms with van der Waals surface area (Å²) in [6.45, 7) is 3.17. The quantitative estimate of drug-likeness (QED) is 0.457. The van der Waals surface area contributed by atoms with Crippen LogP contribution in [-0.2, 0) is 14.3 Å². The lowest BCUT2D eigenvalue weighted by atomic mass is 10.1. The first-order valence-electron chi connectivity index (χ1n) is 8.16. The second kappa shape index (κ2) is 10.2. The third-order valence-electron chi connectivity index (χ3n) is 3.49. The molecule has 0 aliphatic carbocycles. The van der Waals surface area contributed by atoms with Crippen molar-refractivity contribution in [3.8, 4) is 11.8 Å². The van der Waals surface area contributed by atoms with Crippen LogP contribution in [0.15, 0.2) is 30.3 Å². The van der Waals surface area contributed by atoms with Crippen LogP contribution < -0.4 is 5.32 Å². The van der Waals surface area contributed by atoms with Gasteiger partial charge >= 0.3 is 11.9 Å². The maximum absolute atomic E-state index is 12.0. The molecule has 0 aliphatic heterocycles. The van der Waals surface area contributed by atoms with Crippen LogP contribution in [0.25, 0.3) is 0 Å². The second-order valence-electron chi connectivity index (χ2n) is 6.06. The van der Waals surface area contributed by atoms with Crippen LogP contribution in [0.2, 0.25) is 0 Å². The Labute approximate surface area is 152 Å². The van der Waals surface area contributed by atoms with E-state index in [0.29, 0.717) is 18.4 Å². The monoisotopic (exact) mass is 361 g/mol. The van der Waals surface area contributed by atoms with Gasteiger partial charge in [-0.25, -0.2) is 9.59 Å². The smallest absolute Gasteiger partial charge is 0.335 e. The summed E-state index contributed by atoms with van der Waals surface area (Å²) in [5, 5.41) is 20.5. The Morgan fingerprint density at radius 1 is 1.15 bits per heavy atom. The largest absolute Gasteiger partial charge is 0.480 e. The molecule has 1 rings (SSSR count). The molecular formula is C19H23NO6. The number of hydrogen-bond acceptors (Lipinski definition) is 4. The Morgan fingerprint density at radius 3 is 2.38 bits per heavy atom. The SMILES string of the molecule is CC(C)(OCCCC#CCC(NC(=O)c1ccccc1)C(=O)O)C(=O)O. The highest BCUT2D eigenvalue weighted by Gasteiger charge is 2.27. The predicted octanol–water partition coefficient (Wildman–Crippen LogP) is 1.92. The van der Waals surface area contributed by atoms with Gasteiger partial charge in [0.1, 0.15) is 6.04 Å². The maximum Gasteiger partial charge on any atom is 0.335 e. The average Bonchev–Trinajstić information content (AvgIpc) is 2.60. The van der Waals surface area contributed by atoms with Gasteiger partial charge in [0.25, 0.3) is 5.91 Å². The van der Waals surface area contributed by atoms with E-state index in [9.17, 15) is 19.5 Å². The summed E-state index contributed by atoms with van der Waals surface area (Å²) in [6, 6.07) is 7.24. The number of carboxylic acid groups (broad SMARTS) is 2. The van der Waals surface area contributed by atoms with Gasteiger partial charge in [0.2, 0.25) is 0 Å². The normalized spacial score (nSPS) is 11.8. The highest BCUT2D eigenvalue weighted by Crippen LogP contribution is 2.09. The van der Waals surface area contributed by atoms with Gasteiger partial charge in [-0.3, -0.25) is 4.79 Å². The summed E-state index contributed by atoms with van der Waals surface area (Å²) in [6.07, 6.45) is 0.946. The minimum Gasteiger partial charge on any atom is -0.480 e. The van der Waals surface area contributed by atoms with Crippen molar-refractivity contribution in [2.45, 2.75) is 44.8 Å². The van der Waals surface area contributed by atoms with E-state index >= 15 is 0 Å². The third-order valence-corrected chi connectivity index (χ3v) is 3.49. The Balaban J connectivity index is 2.41. The van der Waals surface area contributed by atoms with E-state index in [2.05, 4.69) is 17.2 Å². The van der Waals surface area contributed by atoms with Gasteiger partial charge in [-0.2, -0.15) is 0 Å². The fourth-order valence-corrected chi connectivity index (χ4v) is 1.84. The average molecular weight is 361 g/mol. The van der Waals surface area contributed by atoms with Crippen molar-refractivity contribution in [3.63, 3.8) is 0 Å². The molecule has 0 spiro atoms. The maximum atomic E-state index is 12.0. The summed E-state index contributed by atoms with van der Waals surface area (Å²) in [5.74, 6) is 2.87. The minimum absolute atomic E-state index is 0.0185. The molecule has 1 atom stereocenters. The Bertz CT molecular complexity index is 687. The van der Waals surface area contributed by atoms with Crippen molar-refractivity contribution in [1.82, 2.24) is 5.32 Å². The lowest BCUT2D eigenvalue weighted by Gasteiger charge is -2.19. The minimum atomic E-state index is -1.25. The number of carbonyl (C=O) groups is 3. The first kappa shape index (κ1) is 21.2. The Morgan fingerprint density at radius 2 is 1.81 bits per heavy atom. The molecule has 0 saturated heterocycles. The van der Waals surface area contributed by atoms with E-state index in [1.165, 1.54) is 13.8 Å². The van der Waals surface area contributed by atoms with Crippen molar-refractivity contribution in [2.24, 2.45) is 0 Å². The molecule has 26 heavy (non-hydrogen) atoms. The number of unbranched alkanes of at least 4 members (excludes halogenated alkanes) is 1. The van der Waals surface area contributed by atoms with E-state index in [4.69, 9.17) is 9.84 Å². The molecule has 1 aromatic rings. The van der Waals surface area contributed by atoms with Gasteiger partial charge in [0, 0.05) is 25.0 Å². The number of amides is 1. The summed E-state index contributed by atoms with van der Waals surface area (Å²) >= 11 is 0. The van der Waals surface area contributed by atoms with E-state index in [0.717, 1.165) is 0 Å². The highest BCUT2D eigenvalue weighted by molar-refractivity contribution is 5.96. The number of aliphatic carboxylic acids is 2. The molecule has 0 heterocycles. The first-order valence-corrected chi connectivity index (χ1v) is 8.16. The highest BCUT2D eigenvalue weighted by atomic mass is 16.5. The first-order chi connectivity index (χ1) is 12.2. The fourth-order valence-electron chi connectivity index (χ4n) is 1.84. The lowest BCUT2D eigenvalue weighted by Crippen LogP contribution is -2.40. The third kappa shape index (κ3) is 7.36. The van der Waals surface area contributed by atoms with Crippen molar-refractivity contribution in [1.29, 1.82) is 0 Å². The van der Waals surface area contributed by atoms with Gasteiger partial charge < -0.3 is 20.3 Å². The van der Waals surface area contributed by atoms with Crippen molar-refractivity contribution in [2.75, 3.05) is 6.61 Å². The van der Waals surface area contributed by atoms with Crippen LogP contribution in [-0.4, -0.2) is 46.3 Å². The molecule has 0 aromatic heterocycles. The molecule has 1 amide bonds. The molecule has 0 radical (unpaired) electrons. The zero-order valence-corrected chi connectivity index (χ0v) is 14.8. The summed E-state index contributed by atoms with van der Waals surface area (Å²) in [5.41, 5.74) is -0.867. The number of nitrogens with one attached hydrogen (secondary N) is 1. The molecule has 7 nitrogen and oxygen atoms in total. The van der Waals surface area contributed by atoms with Crippen LogP contribution in [0.4, 0.5) is 0 Å². The van der Waals surface area contributed by atoms with Crippen LogP contribution in [0.5, 0.6) is 0 Å². The molecule has 0 fully saturated rings. The summed E-state index contributed by atoms with van der Waals surface area (Å²) < 4.78 is 5.24. The molecule has 0 saturated carbocycles. The fraction of sp³-hybridized carbons (Fsp3) is 0.421. The van der Waals surface area contributed by atoms with Crippen LogP contribution in [0, 0.1) is 11.8 Å². The van der Waals surface area contributed by atoms with Gasteiger partial charge in [-0.05, 0) is 32.4 Å². The predicted molar refractivity (Wildman–Crippen MR) is 94.6 cm³/mol. The van der Waals surface area contributed by atoms with Gasteiger partial charge in [0.05, 0.1) is 0 Å². The molecule has 0 aliphatic rings. The Kier molecular flexibility index (Phi) is 8.32. The number of rotatable bonds is 9. The van der Waals surface area contributed by atoms with Crippen molar-refractivity contribution in [3.05, 3.63) is 35.9 Å². The molecule has 140 valence electrons. The van der Waals surface area contributed by atoms with E-state index < -0.39 is 29.5 Å². The molecule has 0 bridgehead atoms. The zero-order valence-electron chi connectivity index (χ0n) is 14.8. The molecular weight excluding hydrogens is 338 g/mol. The summed E-state index contributed by atoms with van der Waals surface area (Å²) in [7, 11) is 0. The topological polar surface area (TPSA) is 113 Å². The number of benzene rings is 1. The Hall–Kier alpha value is -2.85. The second-order valence-corrected chi connectivity index (χ2v) is 6.06. The van der Waals surface area contributed by atoms with Crippen LogP contribution in [0.1, 0.15) is 43.5 Å². The molecule has 1 unspecified atom stereocenters. The van der Waals surface area contributed by atoms with Crippen LogP contribution in [0.3, 0.4) is 0 Å². The lowest BCUT2D eigenvalue weighted by molar-refractivity contribution is -0.161. The molecule has 3 N–H and O–H groups in total. The van der Waals surface area contributed by atoms with Crippen molar-refractivity contribution < 1.29 is 29.3 Å². The molecule has 7 heteroatoms. The number of carboxylic acids is 2. The van der Waals surface area contributed by atoms with E-state index in [1.807, 2.05) is 0 Å². The van der Waals surface area contributed by atoms with Gasteiger partial charge in [0.15, 0.2) is 5.60 Å². The van der Waals surface area contributed by atoms with Crippen LogP contribution >= 0.6 is 0 Å². The zero-order chi connectivity index (χ0) is 19.6. The van der Waals surface area contributed by atoms with Gasteiger partial charge in [-0.15, -0.1) is 11.8 Å². The number of hydrogen-bond donors (Lipinski definition) is 3. The van der Waals surface area contributed by atoms with E-state index in [-0.39, 0.29) is 13.0 Å². The van der Waals surface area contributed by atoms with Crippen molar-refractivity contribution >= 4 is 17.8 Å². The van der Waals surface area contributed by atoms with Gasteiger partial charge in [-0.1, -0.05) is 18.2 Å². The number of carbonyl (C=O) groups excluding carboxylic acids is 1. The summed E-state index contributed by atoms with van der Waals surface area (Å²) in [4.78, 5) is 34.1. The number of ether oxygens (including phenoxy) is 1. The standard InChI is InChI=1S/C19H23NO6/c1-19(2,18(24)25)26-13-9-4-3-8-12-15(17(22)23)20-16(21)14-10-6-5-7-11-14/h5-7,10-11,15H,4,9,12-13H2,1-2H3,(H,20,21)(H,22,23)(H,24,25). The molecule has 1 aromatic carbocycles. The van der Waals surface area contributed by atoms with E-state index in [1.54, 1.807) is 30.3 Å².